The lowest BCUT2D eigenvalue weighted by atomic mass is 9.91. The van der Waals surface area contributed by atoms with Gasteiger partial charge in [0.05, 0.1) is 18.0 Å². The number of sulfone groups is 1. The first kappa shape index (κ1) is 21.4. The number of H-pyrrole nitrogens is 1. The summed E-state index contributed by atoms with van der Waals surface area (Å²) in [5, 5.41) is 0.784. The number of carbonyl (C=O) groups excluding carboxylic acids is 1. The molecular weight excluding hydrogens is 414 g/mol. The summed E-state index contributed by atoms with van der Waals surface area (Å²) in [6.45, 7) is 6.40. The Morgan fingerprint density at radius 2 is 1.90 bits per heavy atom. The third kappa shape index (κ3) is 4.04. The van der Waals surface area contributed by atoms with Gasteiger partial charge in [-0.05, 0) is 28.7 Å². The van der Waals surface area contributed by atoms with Crippen molar-refractivity contribution in [2.24, 2.45) is 12.5 Å². The van der Waals surface area contributed by atoms with Gasteiger partial charge in [0.25, 0.3) is 5.56 Å². The first-order chi connectivity index (χ1) is 14.3. The van der Waals surface area contributed by atoms with E-state index in [-0.39, 0.29) is 22.6 Å². The zero-order valence-electron chi connectivity index (χ0n) is 18.4. The number of aromatic amines is 1. The van der Waals surface area contributed by atoms with E-state index in [0.717, 1.165) is 27.8 Å². The van der Waals surface area contributed by atoms with Crippen molar-refractivity contribution in [3.05, 3.63) is 52.1 Å². The Balaban J connectivity index is 2.00. The molecule has 0 saturated carbocycles. The molecule has 8 heteroatoms. The summed E-state index contributed by atoms with van der Waals surface area (Å²) in [7, 11) is -1.54. The number of carbonyl (C=O) groups is 1. The van der Waals surface area contributed by atoms with Crippen LogP contribution in [0.3, 0.4) is 0 Å². The summed E-state index contributed by atoms with van der Waals surface area (Å²) >= 11 is 0. The van der Waals surface area contributed by atoms with E-state index in [0.29, 0.717) is 24.0 Å². The molecule has 0 aliphatic carbocycles. The molecule has 164 valence electrons. The first-order valence-corrected chi connectivity index (χ1v) is 12.2. The summed E-state index contributed by atoms with van der Waals surface area (Å²) in [6.07, 6.45) is 5.12. The van der Waals surface area contributed by atoms with Crippen molar-refractivity contribution in [3.8, 4) is 11.1 Å². The minimum Gasteiger partial charge on any atom is -0.356 e. The van der Waals surface area contributed by atoms with Crippen LogP contribution in [0.15, 0.2) is 35.4 Å². The quantitative estimate of drug-likeness (QED) is 0.675. The van der Waals surface area contributed by atoms with Crippen LogP contribution in [0.1, 0.15) is 38.3 Å². The van der Waals surface area contributed by atoms with Gasteiger partial charge in [0, 0.05) is 48.6 Å². The maximum absolute atomic E-state index is 13.3. The number of hydrogen-bond acceptors (Lipinski definition) is 4. The van der Waals surface area contributed by atoms with Crippen LogP contribution >= 0.6 is 0 Å². The predicted octanol–water partition coefficient (Wildman–Crippen LogP) is 3.36. The Morgan fingerprint density at radius 1 is 1.19 bits per heavy atom. The van der Waals surface area contributed by atoms with E-state index in [1.807, 2.05) is 32.9 Å². The Kier molecular flexibility index (Phi) is 4.88. The van der Waals surface area contributed by atoms with E-state index in [2.05, 4.69) is 4.98 Å². The fourth-order valence-electron chi connectivity index (χ4n) is 4.22. The van der Waals surface area contributed by atoms with Crippen LogP contribution in [-0.2, 0) is 34.0 Å². The van der Waals surface area contributed by atoms with Crippen molar-refractivity contribution < 1.29 is 13.2 Å². The average molecular weight is 442 g/mol. The highest BCUT2D eigenvalue weighted by Crippen LogP contribution is 2.41. The third-order valence-electron chi connectivity index (χ3n) is 5.47. The lowest BCUT2D eigenvalue weighted by molar-refractivity contribution is -0.120. The SMILES string of the molecule is Cn1cc2c3c(c[nH]c3c1=O)CN(C(=O)CC(C)(C)C)c1ccc(CS(C)(=O)=O)cc1-2. The van der Waals surface area contributed by atoms with Crippen molar-refractivity contribution in [1.82, 2.24) is 9.55 Å². The van der Waals surface area contributed by atoms with Crippen LogP contribution < -0.4 is 10.5 Å². The topological polar surface area (TPSA) is 92.2 Å². The number of fused-ring (bicyclic) bond motifs is 2. The van der Waals surface area contributed by atoms with Gasteiger partial charge >= 0.3 is 0 Å². The normalized spacial score (nSPS) is 13.9. The second-order valence-corrected chi connectivity index (χ2v) is 11.8. The van der Waals surface area contributed by atoms with E-state index in [1.54, 1.807) is 30.4 Å². The molecule has 0 saturated heterocycles. The van der Waals surface area contributed by atoms with Gasteiger partial charge in [0.15, 0.2) is 9.84 Å². The van der Waals surface area contributed by atoms with Gasteiger partial charge in [-0.1, -0.05) is 26.8 Å². The summed E-state index contributed by atoms with van der Waals surface area (Å²) in [6, 6.07) is 5.41. The third-order valence-corrected chi connectivity index (χ3v) is 6.33. The number of aryl methyl sites for hydroxylation is 1. The standard InChI is InChI=1S/C23H27N3O4S/c1-23(2,3)9-19(27)26-11-15-10-24-21-20(15)17(12-25(4)22(21)28)16-8-14(6-7-18(16)26)13-31(5,29)30/h6-8,10,12,24H,9,11,13H2,1-5H3. The molecule has 1 aromatic carbocycles. The Morgan fingerprint density at radius 3 is 2.55 bits per heavy atom. The Bertz CT molecular complexity index is 1370. The molecule has 0 atom stereocenters. The molecule has 4 rings (SSSR count). The van der Waals surface area contributed by atoms with E-state index in [1.165, 1.54) is 10.8 Å². The van der Waals surface area contributed by atoms with Gasteiger partial charge in [-0.2, -0.15) is 0 Å². The first-order valence-electron chi connectivity index (χ1n) is 10.1. The minimum absolute atomic E-state index is 0.0153. The molecule has 1 aliphatic heterocycles. The molecule has 3 heterocycles. The second kappa shape index (κ2) is 7.09. The molecule has 0 unspecified atom stereocenters. The Hall–Kier alpha value is -2.87. The summed E-state index contributed by atoms with van der Waals surface area (Å²) < 4.78 is 25.3. The predicted molar refractivity (Wildman–Crippen MR) is 123 cm³/mol. The number of amides is 1. The van der Waals surface area contributed by atoms with Gasteiger partial charge in [-0.25, -0.2) is 8.42 Å². The second-order valence-electron chi connectivity index (χ2n) is 9.66. The molecule has 1 amide bonds. The van der Waals surface area contributed by atoms with Crippen LogP contribution in [0.5, 0.6) is 0 Å². The fraction of sp³-hybridized carbons (Fsp3) is 0.391. The minimum atomic E-state index is -3.23. The number of nitrogens with zero attached hydrogens (tertiary/aromatic N) is 2. The van der Waals surface area contributed by atoms with Gasteiger partial charge < -0.3 is 14.5 Å². The highest BCUT2D eigenvalue weighted by molar-refractivity contribution is 7.89. The zero-order valence-corrected chi connectivity index (χ0v) is 19.3. The number of benzene rings is 1. The molecule has 1 N–H and O–H groups in total. The smallest absolute Gasteiger partial charge is 0.274 e. The number of anilines is 1. The van der Waals surface area contributed by atoms with Crippen LogP contribution in [0, 0.1) is 5.41 Å². The molecule has 1 aliphatic rings. The van der Waals surface area contributed by atoms with Gasteiger partial charge in [0.2, 0.25) is 5.91 Å². The van der Waals surface area contributed by atoms with Crippen molar-refractivity contribution in [2.75, 3.05) is 11.2 Å². The van der Waals surface area contributed by atoms with Gasteiger partial charge in [-0.15, -0.1) is 0 Å². The summed E-state index contributed by atoms with van der Waals surface area (Å²) in [5.41, 5.74) is 3.95. The van der Waals surface area contributed by atoms with Gasteiger partial charge in [0.1, 0.15) is 5.52 Å². The van der Waals surface area contributed by atoms with Crippen LogP contribution in [-0.4, -0.2) is 30.1 Å². The summed E-state index contributed by atoms with van der Waals surface area (Å²) in [4.78, 5) is 30.8. The highest BCUT2D eigenvalue weighted by atomic mass is 32.2. The van der Waals surface area contributed by atoms with Crippen molar-refractivity contribution >= 4 is 32.3 Å². The molecular formula is C23H27N3O4S. The van der Waals surface area contributed by atoms with Crippen molar-refractivity contribution in [2.45, 2.75) is 39.5 Å². The van der Waals surface area contributed by atoms with Crippen molar-refractivity contribution in [1.29, 1.82) is 0 Å². The number of aromatic nitrogens is 2. The molecule has 31 heavy (non-hydrogen) atoms. The molecule has 0 radical (unpaired) electrons. The van der Waals surface area contributed by atoms with Crippen LogP contribution in [0.2, 0.25) is 0 Å². The number of rotatable bonds is 3. The van der Waals surface area contributed by atoms with Crippen LogP contribution in [0.25, 0.3) is 22.0 Å². The van der Waals surface area contributed by atoms with Crippen LogP contribution in [0.4, 0.5) is 5.69 Å². The average Bonchev–Trinajstić information content (AvgIpc) is 2.98. The number of pyridine rings is 1. The van der Waals surface area contributed by atoms with Crippen molar-refractivity contribution in [3.63, 3.8) is 0 Å². The molecule has 2 aromatic heterocycles. The fourth-order valence-corrected chi connectivity index (χ4v) is 5.00. The lowest BCUT2D eigenvalue weighted by Gasteiger charge is -2.27. The van der Waals surface area contributed by atoms with E-state index in [4.69, 9.17) is 0 Å². The Labute approximate surface area is 181 Å². The molecule has 7 nitrogen and oxygen atoms in total. The maximum Gasteiger partial charge on any atom is 0.274 e. The van der Waals surface area contributed by atoms with Gasteiger partial charge in [-0.3, -0.25) is 9.59 Å². The molecule has 0 bridgehead atoms. The monoisotopic (exact) mass is 441 g/mol. The molecule has 0 spiro atoms. The number of hydrogen-bond donors (Lipinski definition) is 1. The largest absolute Gasteiger partial charge is 0.356 e. The summed E-state index contributed by atoms with van der Waals surface area (Å²) in [5.74, 6) is -0.107. The highest BCUT2D eigenvalue weighted by Gasteiger charge is 2.30. The zero-order chi connectivity index (χ0) is 22.7. The number of nitrogens with one attached hydrogen (secondary N) is 1. The molecule has 0 fully saturated rings. The van der Waals surface area contributed by atoms with E-state index < -0.39 is 9.84 Å². The van der Waals surface area contributed by atoms with E-state index in [9.17, 15) is 18.0 Å². The maximum atomic E-state index is 13.3. The molecule has 3 aromatic rings. The lowest BCUT2D eigenvalue weighted by Crippen LogP contribution is -2.33. The van der Waals surface area contributed by atoms with E-state index >= 15 is 0 Å².